The fourth-order valence-electron chi connectivity index (χ4n) is 3.68. The van der Waals surface area contributed by atoms with Gasteiger partial charge in [-0.3, -0.25) is 9.69 Å². The van der Waals surface area contributed by atoms with Gasteiger partial charge in [0.05, 0.1) is 12.7 Å². The number of nitrogens with zero attached hydrogens (tertiary/aromatic N) is 2. The lowest BCUT2D eigenvalue weighted by Gasteiger charge is -2.26. The molecule has 1 N–H and O–H groups in total. The third kappa shape index (κ3) is 7.33. The summed E-state index contributed by atoms with van der Waals surface area (Å²) in [7, 11) is 2.80. The van der Waals surface area contributed by atoms with E-state index in [4.69, 9.17) is 9.47 Å². The number of nitrogens with one attached hydrogen (secondary N) is 1. The minimum absolute atomic E-state index is 0.0224. The van der Waals surface area contributed by atoms with Gasteiger partial charge in [-0.05, 0) is 69.7 Å². The van der Waals surface area contributed by atoms with Crippen molar-refractivity contribution in [1.82, 2.24) is 0 Å². The second-order valence-corrected chi connectivity index (χ2v) is 9.56. The zero-order valence-electron chi connectivity index (χ0n) is 22.1. The lowest BCUT2D eigenvalue weighted by molar-refractivity contribution is -0.114. The van der Waals surface area contributed by atoms with E-state index in [-0.39, 0.29) is 18.0 Å². The molecule has 194 valence electrons. The van der Waals surface area contributed by atoms with Crippen LogP contribution in [0.2, 0.25) is 0 Å². The summed E-state index contributed by atoms with van der Waals surface area (Å²) < 4.78 is 10.3. The van der Waals surface area contributed by atoms with Crippen LogP contribution >= 0.6 is 0 Å². The van der Waals surface area contributed by atoms with Crippen LogP contribution in [0.5, 0.6) is 0 Å². The maximum Gasteiger partial charge on any atom is 0.414 e. The van der Waals surface area contributed by atoms with Crippen molar-refractivity contribution in [2.75, 3.05) is 35.8 Å². The first-order valence-electron chi connectivity index (χ1n) is 11.9. The number of methoxy groups -OCH3 is 1. The predicted octanol–water partition coefficient (Wildman–Crippen LogP) is 5.93. The Morgan fingerprint density at radius 3 is 2.16 bits per heavy atom. The number of amides is 2. The van der Waals surface area contributed by atoms with Crippen molar-refractivity contribution in [2.45, 2.75) is 33.3 Å². The van der Waals surface area contributed by atoms with Gasteiger partial charge in [-0.25, -0.2) is 9.59 Å². The maximum absolute atomic E-state index is 13.3. The summed E-state index contributed by atoms with van der Waals surface area (Å²) in [6, 6.07) is 22.1. The summed E-state index contributed by atoms with van der Waals surface area (Å²) >= 11 is 0. The first-order chi connectivity index (χ1) is 17.5. The average Bonchev–Trinajstić information content (AvgIpc) is 2.86. The zero-order chi connectivity index (χ0) is 27.2. The first kappa shape index (κ1) is 27.3. The number of anilines is 4. The van der Waals surface area contributed by atoms with Crippen LogP contribution in [0.1, 0.15) is 36.7 Å². The molecule has 0 spiro atoms. The second kappa shape index (κ2) is 11.6. The largest absolute Gasteiger partial charge is 0.465 e. The molecule has 0 aliphatic carbocycles. The molecule has 8 nitrogen and oxygen atoms in total. The van der Waals surface area contributed by atoms with Crippen LogP contribution in [-0.4, -0.2) is 44.3 Å². The lowest BCUT2D eigenvalue weighted by Crippen LogP contribution is -2.34. The standard InChI is InChI=1S/C29H33N3O5/c1-20-12-10-11-15-25(20)32(23-13-8-7-9-14-23)19-26(33)30-22-16-21(27(34)36-6)17-24(18-22)31(5)28(35)37-29(2,3)4/h7-18H,19H2,1-6H3,(H,30,33). The van der Waals surface area contributed by atoms with Crippen LogP contribution in [0.25, 0.3) is 0 Å². The fourth-order valence-corrected chi connectivity index (χ4v) is 3.68. The van der Waals surface area contributed by atoms with E-state index < -0.39 is 17.7 Å². The summed E-state index contributed by atoms with van der Waals surface area (Å²) in [6.45, 7) is 7.31. The highest BCUT2D eigenvalue weighted by Crippen LogP contribution is 2.29. The Kier molecular flexibility index (Phi) is 8.55. The molecule has 0 fully saturated rings. The quantitative estimate of drug-likeness (QED) is 0.402. The van der Waals surface area contributed by atoms with Crippen LogP contribution in [0.4, 0.5) is 27.5 Å². The summed E-state index contributed by atoms with van der Waals surface area (Å²) in [5.74, 6) is -0.902. The molecular weight excluding hydrogens is 470 g/mol. The van der Waals surface area contributed by atoms with Crippen molar-refractivity contribution >= 4 is 40.7 Å². The minimum Gasteiger partial charge on any atom is -0.465 e. The molecule has 3 aromatic carbocycles. The summed E-state index contributed by atoms with van der Waals surface area (Å²) in [6.07, 6.45) is -0.596. The van der Waals surface area contributed by atoms with Gasteiger partial charge < -0.3 is 19.7 Å². The van der Waals surface area contributed by atoms with Crippen LogP contribution in [0, 0.1) is 6.92 Å². The SMILES string of the molecule is COC(=O)c1cc(NC(=O)CN(c2ccccc2)c2ccccc2C)cc(N(C)C(=O)OC(C)(C)C)c1. The van der Waals surface area contributed by atoms with E-state index in [0.717, 1.165) is 16.9 Å². The Labute approximate surface area is 217 Å². The molecule has 0 aliphatic rings. The monoisotopic (exact) mass is 503 g/mol. The maximum atomic E-state index is 13.3. The van der Waals surface area contributed by atoms with Gasteiger partial charge in [-0.15, -0.1) is 0 Å². The number of rotatable bonds is 7. The molecule has 37 heavy (non-hydrogen) atoms. The molecule has 0 unspecified atom stereocenters. The van der Waals surface area contributed by atoms with Gasteiger partial charge in [0.1, 0.15) is 12.1 Å². The Bertz CT molecular complexity index is 1270. The summed E-state index contributed by atoms with van der Waals surface area (Å²) in [4.78, 5) is 41.4. The van der Waals surface area contributed by atoms with Crippen LogP contribution < -0.4 is 15.1 Å². The minimum atomic E-state index is -0.696. The predicted molar refractivity (Wildman–Crippen MR) is 146 cm³/mol. The summed E-state index contributed by atoms with van der Waals surface area (Å²) in [5, 5.41) is 2.87. The molecule has 0 saturated carbocycles. The number of carbonyl (C=O) groups excluding carboxylic acids is 3. The molecule has 8 heteroatoms. The van der Waals surface area contributed by atoms with E-state index in [0.29, 0.717) is 11.4 Å². The Balaban J connectivity index is 1.91. The Hall–Kier alpha value is -4.33. The smallest absolute Gasteiger partial charge is 0.414 e. The van der Waals surface area contributed by atoms with E-state index >= 15 is 0 Å². The molecule has 0 aromatic heterocycles. The molecule has 0 saturated heterocycles. The highest BCUT2D eigenvalue weighted by molar-refractivity contribution is 6.00. The molecule has 0 bridgehead atoms. The van der Waals surface area contributed by atoms with Crippen LogP contribution in [-0.2, 0) is 14.3 Å². The number of carbonyl (C=O) groups is 3. The third-order valence-corrected chi connectivity index (χ3v) is 5.45. The third-order valence-electron chi connectivity index (χ3n) is 5.45. The van der Waals surface area contributed by atoms with Crippen molar-refractivity contribution in [3.8, 4) is 0 Å². The highest BCUT2D eigenvalue weighted by atomic mass is 16.6. The van der Waals surface area contributed by atoms with Crippen molar-refractivity contribution in [2.24, 2.45) is 0 Å². The highest BCUT2D eigenvalue weighted by Gasteiger charge is 2.23. The van der Waals surface area contributed by atoms with Gasteiger partial charge in [0.25, 0.3) is 0 Å². The number of hydrogen-bond acceptors (Lipinski definition) is 6. The zero-order valence-corrected chi connectivity index (χ0v) is 22.1. The first-order valence-corrected chi connectivity index (χ1v) is 11.9. The molecule has 3 rings (SSSR count). The summed E-state index contributed by atoms with van der Waals surface area (Å²) in [5.41, 5.74) is 2.98. The fraction of sp³-hybridized carbons (Fsp3) is 0.276. The number of hydrogen-bond donors (Lipinski definition) is 1. The van der Waals surface area contributed by atoms with E-state index in [2.05, 4.69) is 5.32 Å². The molecule has 0 radical (unpaired) electrons. The average molecular weight is 504 g/mol. The Morgan fingerprint density at radius 2 is 1.54 bits per heavy atom. The number of para-hydroxylation sites is 2. The van der Waals surface area contributed by atoms with Crippen molar-refractivity contribution < 1.29 is 23.9 Å². The van der Waals surface area contributed by atoms with Gasteiger partial charge >= 0.3 is 12.1 Å². The molecule has 3 aromatic rings. The molecular formula is C29H33N3O5. The molecule has 2 amide bonds. The Morgan fingerprint density at radius 1 is 0.892 bits per heavy atom. The van der Waals surface area contributed by atoms with Gasteiger partial charge in [0.2, 0.25) is 5.91 Å². The number of esters is 1. The van der Waals surface area contributed by atoms with Gasteiger partial charge in [0, 0.05) is 29.8 Å². The molecule has 0 aliphatic heterocycles. The van der Waals surface area contributed by atoms with E-state index in [1.807, 2.05) is 66.4 Å². The second-order valence-electron chi connectivity index (χ2n) is 9.56. The van der Waals surface area contributed by atoms with E-state index in [1.54, 1.807) is 26.8 Å². The van der Waals surface area contributed by atoms with Crippen molar-refractivity contribution in [3.05, 3.63) is 83.9 Å². The molecule has 0 heterocycles. The van der Waals surface area contributed by atoms with Crippen LogP contribution in [0.15, 0.2) is 72.8 Å². The van der Waals surface area contributed by atoms with E-state index in [9.17, 15) is 14.4 Å². The van der Waals surface area contributed by atoms with Crippen molar-refractivity contribution in [1.29, 1.82) is 0 Å². The normalized spacial score (nSPS) is 10.9. The number of benzene rings is 3. The van der Waals surface area contributed by atoms with Crippen molar-refractivity contribution in [3.63, 3.8) is 0 Å². The van der Waals surface area contributed by atoms with E-state index in [1.165, 1.54) is 31.2 Å². The van der Waals surface area contributed by atoms with Gasteiger partial charge in [-0.2, -0.15) is 0 Å². The van der Waals surface area contributed by atoms with Gasteiger partial charge in [-0.1, -0.05) is 36.4 Å². The van der Waals surface area contributed by atoms with Crippen LogP contribution in [0.3, 0.4) is 0 Å². The molecule has 0 atom stereocenters. The number of ether oxygens (including phenoxy) is 2. The lowest BCUT2D eigenvalue weighted by atomic mass is 10.1. The topological polar surface area (TPSA) is 88.2 Å². The number of aryl methyl sites for hydroxylation is 1. The van der Waals surface area contributed by atoms with Gasteiger partial charge in [0.15, 0.2) is 0 Å².